The van der Waals surface area contributed by atoms with Crippen LogP contribution in [0.4, 0.5) is 0 Å². The highest BCUT2D eigenvalue weighted by Gasteiger charge is 2.19. The van der Waals surface area contributed by atoms with Crippen molar-refractivity contribution in [3.63, 3.8) is 0 Å². The molecule has 3 nitrogen and oxygen atoms in total. The van der Waals surface area contributed by atoms with Crippen molar-refractivity contribution < 1.29 is 4.74 Å². The summed E-state index contributed by atoms with van der Waals surface area (Å²) in [5.41, 5.74) is 2.54. The molecule has 0 aliphatic heterocycles. The van der Waals surface area contributed by atoms with Gasteiger partial charge in [-0.15, -0.1) is 0 Å². The van der Waals surface area contributed by atoms with Crippen LogP contribution in [-0.4, -0.2) is 25.7 Å². The molecule has 100 valence electrons. The molecule has 0 spiro atoms. The topological polar surface area (TPSA) is 33.3 Å². The first-order valence-corrected chi connectivity index (χ1v) is 6.96. The molecule has 0 saturated heterocycles. The van der Waals surface area contributed by atoms with E-state index in [9.17, 15) is 0 Å². The first-order chi connectivity index (χ1) is 8.79. The minimum Gasteiger partial charge on any atom is -0.494 e. The zero-order valence-electron chi connectivity index (χ0n) is 11.5. The van der Waals surface area contributed by atoms with Gasteiger partial charge < -0.3 is 15.4 Å². The van der Waals surface area contributed by atoms with E-state index in [1.165, 1.54) is 24.0 Å². The number of nitrogens with one attached hydrogen (secondary N) is 2. The lowest BCUT2D eigenvalue weighted by atomic mass is 10.1. The van der Waals surface area contributed by atoms with E-state index in [1.54, 1.807) is 0 Å². The highest BCUT2D eigenvalue weighted by atomic mass is 16.5. The molecule has 1 fully saturated rings. The lowest BCUT2D eigenvalue weighted by molar-refractivity contribution is 0.338. The molecular weight excluding hydrogens is 224 g/mol. The monoisotopic (exact) mass is 248 g/mol. The SMILES string of the molecule is CCOc1ccc(CNCCNC2CC2)cc1C. The van der Waals surface area contributed by atoms with Crippen molar-refractivity contribution in [1.82, 2.24) is 10.6 Å². The van der Waals surface area contributed by atoms with Gasteiger partial charge in [0.15, 0.2) is 0 Å². The van der Waals surface area contributed by atoms with Crippen LogP contribution in [0.1, 0.15) is 30.9 Å². The Bertz CT molecular complexity index is 375. The molecule has 0 heterocycles. The lowest BCUT2D eigenvalue weighted by Crippen LogP contribution is -2.28. The van der Waals surface area contributed by atoms with Crippen molar-refractivity contribution >= 4 is 0 Å². The number of rotatable bonds is 8. The van der Waals surface area contributed by atoms with Crippen LogP contribution in [0.15, 0.2) is 18.2 Å². The van der Waals surface area contributed by atoms with Crippen molar-refractivity contribution in [3.8, 4) is 5.75 Å². The second kappa shape index (κ2) is 6.76. The lowest BCUT2D eigenvalue weighted by Gasteiger charge is -2.10. The summed E-state index contributed by atoms with van der Waals surface area (Å²) in [6, 6.07) is 7.21. The Kier molecular flexibility index (Phi) is 5.02. The van der Waals surface area contributed by atoms with Gasteiger partial charge in [-0.05, 0) is 43.9 Å². The van der Waals surface area contributed by atoms with Crippen LogP contribution in [0, 0.1) is 6.92 Å². The average Bonchev–Trinajstić information content (AvgIpc) is 3.16. The molecular formula is C15H24N2O. The molecule has 0 aromatic heterocycles. The summed E-state index contributed by atoms with van der Waals surface area (Å²) in [5, 5.41) is 6.96. The third kappa shape index (κ3) is 4.31. The highest BCUT2D eigenvalue weighted by molar-refractivity contribution is 5.36. The third-order valence-corrected chi connectivity index (χ3v) is 3.18. The maximum absolute atomic E-state index is 5.54. The van der Waals surface area contributed by atoms with Crippen molar-refractivity contribution in [2.24, 2.45) is 0 Å². The van der Waals surface area contributed by atoms with E-state index in [4.69, 9.17) is 4.74 Å². The van der Waals surface area contributed by atoms with E-state index >= 15 is 0 Å². The largest absolute Gasteiger partial charge is 0.494 e. The van der Waals surface area contributed by atoms with Gasteiger partial charge in [0.1, 0.15) is 5.75 Å². The minimum absolute atomic E-state index is 0.727. The van der Waals surface area contributed by atoms with Gasteiger partial charge in [-0.25, -0.2) is 0 Å². The van der Waals surface area contributed by atoms with Crippen LogP contribution < -0.4 is 15.4 Å². The molecule has 0 radical (unpaired) electrons. The van der Waals surface area contributed by atoms with Crippen molar-refractivity contribution in [2.45, 2.75) is 39.3 Å². The Labute approximate surface area is 110 Å². The summed E-state index contributed by atoms with van der Waals surface area (Å²) >= 11 is 0. The molecule has 0 unspecified atom stereocenters. The number of ether oxygens (including phenoxy) is 1. The van der Waals surface area contributed by atoms with E-state index in [-0.39, 0.29) is 0 Å². The maximum Gasteiger partial charge on any atom is 0.122 e. The average molecular weight is 248 g/mol. The van der Waals surface area contributed by atoms with Gasteiger partial charge in [-0.2, -0.15) is 0 Å². The van der Waals surface area contributed by atoms with E-state index in [0.29, 0.717) is 0 Å². The van der Waals surface area contributed by atoms with Crippen LogP contribution in [-0.2, 0) is 6.54 Å². The Balaban J connectivity index is 1.69. The Morgan fingerprint density at radius 3 is 2.78 bits per heavy atom. The van der Waals surface area contributed by atoms with Crippen molar-refractivity contribution in [3.05, 3.63) is 29.3 Å². The Morgan fingerprint density at radius 1 is 1.28 bits per heavy atom. The molecule has 0 amide bonds. The molecule has 1 aromatic carbocycles. The number of benzene rings is 1. The summed E-state index contributed by atoms with van der Waals surface area (Å²) in [6.07, 6.45) is 2.72. The zero-order valence-corrected chi connectivity index (χ0v) is 11.5. The predicted octanol–water partition coefficient (Wildman–Crippen LogP) is 2.24. The van der Waals surface area contributed by atoms with E-state index in [1.807, 2.05) is 6.92 Å². The smallest absolute Gasteiger partial charge is 0.122 e. The Hall–Kier alpha value is -1.06. The van der Waals surface area contributed by atoms with Gasteiger partial charge in [0.2, 0.25) is 0 Å². The molecule has 2 rings (SSSR count). The van der Waals surface area contributed by atoms with Gasteiger partial charge in [0, 0.05) is 25.7 Å². The normalized spacial score (nSPS) is 14.8. The Morgan fingerprint density at radius 2 is 2.11 bits per heavy atom. The fraction of sp³-hybridized carbons (Fsp3) is 0.600. The molecule has 2 N–H and O–H groups in total. The molecule has 1 aromatic rings. The van der Waals surface area contributed by atoms with Gasteiger partial charge >= 0.3 is 0 Å². The molecule has 1 aliphatic rings. The van der Waals surface area contributed by atoms with E-state index < -0.39 is 0 Å². The number of hydrogen-bond donors (Lipinski definition) is 2. The minimum atomic E-state index is 0.727. The molecule has 1 aliphatic carbocycles. The summed E-state index contributed by atoms with van der Waals surface area (Å²) in [5.74, 6) is 0.997. The van der Waals surface area contributed by atoms with Gasteiger partial charge in [-0.1, -0.05) is 12.1 Å². The first-order valence-electron chi connectivity index (χ1n) is 6.96. The predicted molar refractivity (Wildman–Crippen MR) is 75.1 cm³/mol. The van der Waals surface area contributed by atoms with Crippen LogP contribution in [0.3, 0.4) is 0 Å². The first kappa shape index (κ1) is 13.4. The maximum atomic E-state index is 5.54. The van der Waals surface area contributed by atoms with Crippen molar-refractivity contribution in [2.75, 3.05) is 19.7 Å². The molecule has 3 heteroatoms. The number of aryl methyl sites for hydroxylation is 1. The number of hydrogen-bond acceptors (Lipinski definition) is 3. The summed E-state index contributed by atoms with van der Waals surface area (Å²) in [4.78, 5) is 0. The van der Waals surface area contributed by atoms with E-state index in [0.717, 1.165) is 38.0 Å². The third-order valence-electron chi connectivity index (χ3n) is 3.18. The van der Waals surface area contributed by atoms with E-state index in [2.05, 4.69) is 35.8 Å². The van der Waals surface area contributed by atoms with Crippen LogP contribution in [0.25, 0.3) is 0 Å². The summed E-state index contributed by atoms with van der Waals surface area (Å²) in [6.45, 7) is 7.87. The quantitative estimate of drug-likeness (QED) is 0.692. The molecule has 0 atom stereocenters. The fourth-order valence-corrected chi connectivity index (χ4v) is 2.02. The van der Waals surface area contributed by atoms with Gasteiger partial charge in [0.05, 0.1) is 6.61 Å². The molecule has 18 heavy (non-hydrogen) atoms. The second-order valence-corrected chi connectivity index (χ2v) is 4.94. The molecule has 0 bridgehead atoms. The van der Waals surface area contributed by atoms with Crippen LogP contribution in [0.5, 0.6) is 5.75 Å². The molecule has 1 saturated carbocycles. The zero-order chi connectivity index (χ0) is 12.8. The second-order valence-electron chi connectivity index (χ2n) is 4.94. The van der Waals surface area contributed by atoms with Gasteiger partial charge in [0.25, 0.3) is 0 Å². The van der Waals surface area contributed by atoms with Crippen LogP contribution in [0.2, 0.25) is 0 Å². The highest BCUT2D eigenvalue weighted by Crippen LogP contribution is 2.19. The summed E-state index contributed by atoms with van der Waals surface area (Å²) in [7, 11) is 0. The summed E-state index contributed by atoms with van der Waals surface area (Å²) < 4.78 is 5.54. The van der Waals surface area contributed by atoms with Gasteiger partial charge in [-0.3, -0.25) is 0 Å². The fourth-order valence-electron chi connectivity index (χ4n) is 2.02. The van der Waals surface area contributed by atoms with Crippen LogP contribution >= 0.6 is 0 Å². The van der Waals surface area contributed by atoms with Crippen molar-refractivity contribution in [1.29, 1.82) is 0 Å². The standard InChI is InChI=1S/C15H24N2O/c1-3-18-15-7-4-13(10-12(15)2)11-16-8-9-17-14-5-6-14/h4,7,10,14,16-17H,3,5-6,8-9,11H2,1-2H3.